The number of hydrogen-bond donors (Lipinski definition) is 0. The summed E-state index contributed by atoms with van der Waals surface area (Å²) in [4.78, 5) is 19.8. The average molecular weight is 1200 g/mol. The summed E-state index contributed by atoms with van der Waals surface area (Å²) in [7, 11) is 0. The molecule has 6 heterocycles. The minimum atomic E-state index is 0. The van der Waals surface area contributed by atoms with Crippen LogP contribution in [0.5, 0.6) is 34.5 Å². The van der Waals surface area contributed by atoms with Gasteiger partial charge in [0.05, 0.1) is 34.1 Å². The topological polar surface area (TPSA) is 76.1 Å². The maximum Gasteiger partial charge on any atom is 3.00 e. The van der Waals surface area contributed by atoms with Crippen LogP contribution < -0.4 is 28.9 Å². The Morgan fingerprint density at radius 1 is 0.253 bits per heavy atom. The molecule has 0 amide bonds. The van der Waals surface area contributed by atoms with Gasteiger partial charge in [0.2, 0.25) is 0 Å². The Hall–Kier alpha value is -10.1. The van der Waals surface area contributed by atoms with Gasteiger partial charge in [-0.05, 0) is 125 Å². The number of pyridine rings is 3. The van der Waals surface area contributed by atoms with Crippen molar-refractivity contribution in [3.8, 4) is 68.3 Å². The van der Waals surface area contributed by atoms with Crippen molar-refractivity contribution in [3.63, 3.8) is 0 Å². The molecule has 378 valence electrons. The molecule has 0 fully saturated rings. The van der Waals surface area contributed by atoms with Crippen LogP contribution in [0.4, 0.5) is 51.2 Å². The van der Waals surface area contributed by atoms with Crippen molar-refractivity contribution in [1.29, 1.82) is 0 Å². The molecular weight excluding hydrogens is 1150 g/mol. The van der Waals surface area contributed by atoms with E-state index >= 15 is 0 Å². The van der Waals surface area contributed by atoms with Crippen molar-refractivity contribution in [1.82, 2.24) is 15.0 Å². The molecule has 9 aromatic carbocycles. The fourth-order valence-electron chi connectivity index (χ4n) is 9.66. The van der Waals surface area contributed by atoms with Gasteiger partial charge in [0.15, 0.2) is 34.5 Å². The van der Waals surface area contributed by atoms with Gasteiger partial charge in [-0.1, -0.05) is 109 Å². The van der Waals surface area contributed by atoms with Gasteiger partial charge in [-0.3, -0.25) is 0 Å². The van der Waals surface area contributed by atoms with E-state index < -0.39 is 0 Å². The van der Waals surface area contributed by atoms with Crippen molar-refractivity contribution >= 4 is 51.2 Å². The Kier molecular flexibility index (Phi) is 14.2. The molecule has 9 nitrogen and oxygen atoms in total. The first-order valence-electron chi connectivity index (χ1n) is 25.5. The third kappa shape index (κ3) is 10.2. The summed E-state index contributed by atoms with van der Waals surface area (Å²) >= 11 is 0. The fourth-order valence-corrected chi connectivity index (χ4v) is 9.66. The van der Waals surface area contributed by atoms with E-state index in [1.165, 1.54) is 0 Å². The molecule has 0 spiro atoms. The van der Waals surface area contributed by atoms with Crippen LogP contribution >= 0.6 is 0 Å². The summed E-state index contributed by atoms with van der Waals surface area (Å²) < 4.78 is 18.2. The number of ether oxygens (including phenoxy) is 3. The van der Waals surface area contributed by atoms with E-state index in [9.17, 15) is 0 Å². The molecule has 15 rings (SSSR count). The molecule has 3 aromatic heterocycles. The standard InChI is InChI=1S/3C23H15N2O.Ir/c3*1-3-10-22-20(8-1)25(21-9-2-4-11-23(21)26-22)18-14-12-17(13-15-18)19-7-5-6-16-24-19;/h3*1-12,14-16H;/q3*-1;+3. The zero-order valence-corrected chi connectivity index (χ0v) is 44.6. The van der Waals surface area contributed by atoms with Crippen molar-refractivity contribution in [3.05, 3.63) is 292 Å². The first-order chi connectivity index (χ1) is 38.7. The predicted molar refractivity (Wildman–Crippen MR) is 310 cm³/mol. The normalized spacial score (nSPS) is 11.9. The van der Waals surface area contributed by atoms with Gasteiger partial charge in [0, 0.05) is 18.6 Å². The number of anilines is 9. The van der Waals surface area contributed by atoms with Crippen LogP contribution in [0.3, 0.4) is 0 Å². The quantitative estimate of drug-likeness (QED) is 0.151. The third-order valence-electron chi connectivity index (χ3n) is 13.3. The molecule has 79 heavy (non-hydrogen) atoms. The van der Waals surface area contributed by atoms with Gasteiger partial charge in [-0.2, -0.15) is 0 Å². The molecular formula is C69H45IrN6O3. The second kappa shape index (κ2) is 22.6. The number of benzene rings is 9. The van der Waals surface area contributed by atoms with Crippen LogP contribution in [0.2, 0.25) is 0 Å². The SMILES string of the molecule is [Ir+3].[c-]1cc(N2c3ccccc3Oc3ccccc32)ccc1-c1ccccn1.[c-]1cc(N2c3ccccc3Oc3ccccc32)ccc1-c1ccccn1.[c-]1cc(N2c3ccccc3Oc3ccccc32)ccc1-c1ccccn1. The monoisotopic (exact) mass is 1200 g/mol. The van der Waals surface area contributed by atoms with Gasteiger partial charge in [0.25, 0.3) is 0 Å². The minimum Gasteiger partial charge on any atom is -0.453 e. The van der Waals surface area contributed by atoms with Gasteiger partial charge in [-0.15, -0.1) is 89.5 Å². The fraction of sp³-hybridized carbons (Fsp3) is 0. The molecule has 0 saturated heterocycles. The number of aromatic nitrogens is 3. The third-order valence-corrected chi connectivity index (χ3v) is 13.3. The number of hydrogen-bond acceptors (Lipinski definition) is 9. The Morgan fingerprint density at radius 2 is 0.481 bits per heavy atom. The number of nitrogens with zero attached hydrogens (tertiary/aromatic N) is 6. The molecule has 0 N–H and O–H groups in total. The molecule has 0 aliphatic carbocycles. The van der Waals surface area contributed by atoms with E-state index in [4.69, 9.17) is 14.2 Å². The summed E-state index contributed by atoms with van der Waals surface area (Å²) in [5.41, 5.74) is 14.9. The average Bonchev–Trinajstić information content (AvgIpc) is 3.61. The number of fused-ring (bicyclic) bond motifs is 6. The van der Waals surface area contributed by atoms with Crippen LogP contribution in [-0.2, 0) is 20.1 Å². The summed E-state index contributed by atoms with van der Waals surface area (Å²) in [5.74, 6) is 5.08. The maximum atomic E-state index is 6.06. The molecule has 12 aromatic rings. The molecule has 10 heteroatoms. The van der Waals surface area contributed by atoms with Crippen molar-refractivity contribution in [2.45, 2.75) is 0 Å². The summed E-state index contributed by atoms with van der Waals surface area (Å²) in [6.45, 7) is 0. The molecule has 0 unspecified atom stereocenters. The largest absolute Gasteiger partial charge is 3.00 e. The van der Waals surface area contributed by atoms with Gasteiger partial charge < -0.3 is 43.9 Å². The zero-order valence-electron chi connectivity index (χ0n) is 42.2. The number of rotatable bonds is 6. The van der Waals surface area contributed by atoms with Crippen molar-refractivity contribution < 1.29 is 34.3 Å². The first kappa shape index (κ1) is 49.7. The van der Waals surface area contributed by atoms with E-state index in [2.05, 4.69) is 121 Å². The van der Waals surface area contributed by atoms with Crippen molar-refractivity contribution in [2.75, 3.05) is 14.7 Å². The van der Waals surface area contributed by atoms with Gasteiger partial charge >= 0.3 is 20.1 Å². The van der Waals surface area contributed by atoms with Crippen molar-refractivity contribution in [2.24, 2.45) is 0 Å². The second-order valence-electron chi connectivity index (χ2n) is 18.1. The van der Waals surface area contributed by atoms with Gasteiger partial charge in [0.1, 0.15) is 0 Å². The Balaban J connectivity index is 0.000000118. The smallest absolute Gasteiger partial charge is 0.453 e. The van der Waals surface area contributed by atoms with E-state index in [0.717, 1.165) is 119 Å². The van der Waals surface area contributed by atoms with Crippen LogP contribution in [0.15, 0.2) is 273 Å². The molecule has 0 radical (unpaired) electrons. The Labute approximate surface area is 472 Å². The molecule has 0 atom stereocenters. The zero-order chi connectivity index (χ0) is 52.0. The van der Waals surface area contributed by atoms with E-state index in [0.29, 0.717) is 0 Å². The molecule has 3 aliphatic rings. The molecule has 0 bridgehead atoms. The number of para-hydroxylation sites is 12. The predicted octanol–water partition coefficient (Wildman–Crippen LogP) is 18.4. The van der Waals surface area contributed by atoms with Crippen LogP contribution in [0, 0.1) is 18.2 Å². The molecule has 3 aliphatic heterocycles. The van der Waals surface area contributed by atoms with Crippen LogP contribution in [0.1, 0.15) is 0 Å². The second-order valence-corrected chi connectivity index (χ2v) is 18.1. The minimum absolute atomic E-state index is 0. The van der Waals surface area contributed by atoms with Gasteiger partial charge in [-0.25, -0.2) is 0 Å². The van der Waals surface area contributed by atoms with Crippen LogP contribution in [0.25, 0.3) is 33.8 Å². The summed E-state index contributed by atoms with van der Waals surface area (Å²) in [6, 6.07) is 94.6. The molecule has 0 saturated carbocycles. The summed E-state index contributed by atoms with van der Waals surface area (Å²) in [6.07, 6.45) is 5.39. The van der Waals surface area contributed by atoms with E-state index in [1.54, 1.807) is 18.6 Å². The van der Waals surface area contributed by atoms with E-state index in [-0.39, 0.29) is 20.1 Å². The summed E-state index contributed by atoms with van der Waals surface area (Å²) in [5, 5.41) is 0. The maximum absolute atomic E-state index is 6.06. The first-order valence-corrected chi connectivity index (χ1v) is 25.5. The van der Waals surface area contributed by atoms with Crippen LogP contribution in [-0.4, -0.2) is 15.0 Å². The Bertz CT molecular complexity index is 3470. The Morgan fingerprint density at radius 3 is 0.684 bits per heavy atom. The van der Waals surface area contributed by atoms with E-state index in [1.807, 2.05) is 182 Å².